The van der Waals surface area contributed by atoms with Gasteiger partial charge in [0.15, 0.2) is 11.0 Å². The van der Waals surface area contributed by atoms with Crippen LogP contribution in [0, 0.1) is 0 Å². The summed E-state index contributed by atoms with van der Waals surface area (Å²) in [4.78, 5) is 16.8. The van der Waals surface area contributed by atoms with Gasteiger partial charge in [-0.15, -0.1) is 10.2 Å². The number of methoxy groups -OCH3 is 1. The average molecular weight is 462 g/mol. The summed E-state index contributed by atoms with van der Waals surface area (Å²) in [6, 6.07) is 18.7. The van der Waals surface area contributed by atoms with Gasteiger partial charge in [0.25, 0.3) is 0 Å². The number of thioether (sulfide) groups is 1. The predicted octanol–water partition coefficient (Wildman–Crippen LogP) is 4.47. The first kappa shape index (κ1) is 22.3. The molecule has 2 heterocycles. The third kappa shape index (κ3) is 5.50. The Kier molecular flexibility index (Phi) is 7.21. The Morgan fingerprint density at radius 1 is 1.06 bits per heavy atom. The SMILES string of the molecule is CCOc1ccc(-n2c(SCC(=O)Nc3cccc(OC)c3)nnc2-c2cccnc2)cc1. The summed E-state index contributed by atoms with van der Waals surface area (Å²) in [5.41, 5.74) is 2.36. The number of benzene rings is 2. The van der Waals surface area contributed by atoms with Crippen molar-refractivity contribution >= 4 is 23.4 Å². The number of carbonyl (C=O) groups excluding carboxylic acids is 1. The maximum Gasteiger partial charge on any atom is 0.234 e. The van der Waals surface area contributed by atoms with E-state index < -0.39 is 0 Å². The number of carbonyl (C=O) groups is 1. The molecule has 0 bridgehead atoms. The molecule has 0 aliphatic carbocycles. The lowest BCUT2D eigenvalue weighted by atomic mass is 10.2. The predicted molar refractivity (Wildman–Crippen MR) is 128 cm³/mol. The Morgan fingerprint density at radius 2 is 1.91 bits per heavy atom. The number of rotatable bonds is 9. The van der Waals surface area contributed by atoms with Crippen molar-refractivity contribution in [1.29, 1.82) is 0 Å². The maximum absolute atomic E-state index is 12.6. The minimum atomic E-state index is -0.155. The van der Waals surface area contributed by atoms with Crippen molar-refractivity contribution in [3.05, 3.63) is 73.1 Å². The molecule has 0 saturated heterocycles. The topological polar surface area (TPSA) is 91.2 Å². The number of pyridine rings is 1. The van der Waals surface area contributed by atoms with Gasteiger partial charge in [-0.2, -0.15) is 0 Å². The second-order valence-corrected chi connectivity index (χ2v) is 7.82. The number of aromatic nitrogens is 4. The molecule has 9 heteroatoms. The Hall–Kier alpha value is -3.85. The maximum atomic E-state index is 12.6. The first-order chi connectivity index (χ1) is 16.2. The van der Waals surface area contributed by atoms with Crippen LogP contribution in [0.15, 0.2) is 78.2 Å². The highest BCUT2D eigenvalue weighted by Crippen LogP contribution is 2.29. The molecule has 4 aromatic rings. The summed E-state index contributed by atoms with van der Waals surface area (Å²) < 4.78 is 12.7. The van der Waals surface area contributed by atoms with Gasteiger partial charge in [0.2, 0.25) is 5.91 Å². The number of ether oxygens (including phenoxy) is 2. The zero-order valence-electron chi connectivity index (χ0n) is 18.3. The fraction of sp³-hybridized carbons (Fsp3) is 0.167. The van der Waals surface area contributed by atoms with Crippen LogP contribution in [0.1, 0.15) is 6.92 Å². The number of nitrogens with zero attached hydrogens (tertiary/aromatic N) is 4. The molecule has 2 aromatic heterocycles. The molecule has 4 rings (SSSR count). The number of hydrogen-bond acceptors (Lipinski definition) is 7. The molecule has 0 radical (unpaired) electrons. The van der Waals surface area contributed by atoms with Gasteiger partial charge < -0.3 is 14.8 Å². The molecule has 0 aliphatic heterocycles. The zero-order valence-corrected chi connectivity index (χ0v) is 19.1. The van der Waals surface area contributed by atoms with E-state index in [-0.39, 0.29) is 11.7 Å². The minimum Gasteiger partial charge on any atom is -0.497 e. The molecule has 0 atom stereocenters. The van der Waals surface area contributed by atoms with Crippen LogP contribution in [0.25, 0.3) is 17.1 Å². The molecule has 0 aliphatic rings. The molecule has 2 aromatic carbocycles. The monoisotopic (exact) mass is 461 g/mol. The van der Waals surface area contributed by atoms with Gasteiger partial charge in [-0.25, -0.2) is 0 Å². The highest BCUT2D eigenvalue weighted by Gasteiger charge is 2.18. The van der Waals surface area contributed by atoms with Crippen molar-refractivity contribution < 1.29 is 14.3 Å². The van der Waals surface area contributed by atoms with Crippen molar-refractivity contribution in [2.75, 3.05) is 24.8 Å². The summed E-state index contributed by atoms with van der Waals surface area (Å²) >= 11 is 1.30. The molecule has 8 nitrogen and oxygen atoms in total. The highest BCUT2D eigenvalue weighted by atomic mass is 32.2. The van der Waals surface area contributed by atoms with Crippen molar-refractivity contribution in [1.82, 2.24) is 19.7 Å². The molecule has 0 unspecified atom stereocenters. The van der Waals surface area contributed by atoms with E-state index in [0.29, 0.717) is 29.0 Å². The van der Waals surface area contributed by atoms with Crippen LogP contribution in [-0.4, -0.2) is 45.1 Å². The summed E-state index contributed by atoms with van der Waals surface area (Å²) in [5, 5.41) is 12.2. The van der Waals surface area contributed by atoms with Crippen LogP contribution in [0.3, 0.4) is 0 Å². The van der Waals surface area contributed by atoms with E-state index in [4.69, 9.17) is 9.47 Å². The molecule has 1 amide bonds. The number of nitrogens with one attached hydrogen (secondary N) is 1. The zero-order chi connectivity index (χ0) is 23.0. The average Bonchev–Trinajstić information content (AvgIpc) is 3.28. The van der Waals surface area contributed by atoms with Crippen molar-refractivity contribution in [3.8, 4) is 28.6 Å². The Bertz CT molecular complexity index is 1210. The highest BCUT2D eigenvalue weighted by molar-refractivity contribution is 7.99. The van der Waals surface area contributed by atoms with Crippen LogP contribution < -0.4 is 14.8 Å². The quantitative estimate of drug-likeness (QED) is 0.368. The molecule has 1 N–H and O–H groups in total. The van der Waals surface area contributed by atoms with E-state index in [2.05, 4.69) is 20.5 Å². The van der Waals surface area contributed by atoms with Gasteiger partial charge in [-0.3, -0.25) is 14.3 Å². The first-order valence-electron chi connectivity index (χ1n) is 10.3. The third-order valence-electron chi connectivity index (χ3n) is 4.64. The fourth-order valence-corrected chi connectivity index (χ4v) is 3.92. The van der Waals surface area contributed by atoms with Gasteiger partial charge in [-0.1, -0.05) is 17.8 Å². The van der Waals surface area contributed by atoms with Crippen LogP contribution in [0.5, 0.6) is 11.5 Å². The summed E-state index contributed by atoms with van der Waals surface area (Å²) in [5.74, 6) is 2.11. The van der Waals surface area contributed by atoms with E-state index >= 15 is 0 Å². The Labute approximate surface area is 196 Å². The van der Waals surface area contributed by atoms with Crippen LogP contribution in [0.2, 0.25) is 0 Å². The van der Waals surface area contributed by atoms with Gasteiger partial charge in [-0.05, 0) is 55.5 Å². The van der Waals surface area contributed by atoms with E-state index in [1.54, 1.807) is 25.6 Å². The van der Waals surface area contributed by atoms with E-state index in [1.807, 2.05) is 66.1 Å². The molecule has 168 valence electrons. The van der Waals surface area contributed by atoms with Crippen LogP contribution in [-0.2, 0) is 4.79 Å². The smallest absolute Gasteiger partial charge is 0.234 e. The number of amides is 1. The van der Waals surface area contributed by atoms with Gasteiger partial charge in [0.1, 0.15) is 11.5 Å². The number of hydrogen-bond donors (Lipinski definition) is 1. The van der Waals surface area contributed by atoms with Crippen LogP contribution in [0.4, 0.5) is 5.69 Å². The van der Waals surface area contributed by atoms with E-state index in [9.17, 15) is 4.79 Å². The molecule has 0 spiro atoms. The lowest BCUT2D eigenvalue weighted by molar-refractivity contribution is -0.113. The van der Waals surface area contributed by atoms with Crippen molar-refractivity contribution in [3.63, 3.8) is 0 Å². The van der Waals surface area contributed by atoms with E-state index in [0.717, 1.165) is 17.0 Å². The van der Waals surface area contributed by atoms with Gasteiger partial charge in [0, 0.05) is 35.4 Å². The molecule has 0 saturated carbocycles. The lowest BCUT2D eigenvalue weighted by Crippen LogP contribution is -2.14. The van der Waals surface area contributed by atoms with Crippen LogP contribution >= 0.6 is 11.8 Å². The standard InChI is InChI=1S/C24H23N5O3S/c1-3-32-20-11-9-19(10-12-20)29-23(17-6-5-13-25-15-17)27-28-24(29)33-16-22(30)26-18-7-4-8-21(14-18)31-2/h4-15H,3,16H2,1-2H3,(H,26,30). The minimum absolute atomic E-state index is 0.155. The lowest BCUT2D eigenvalue weighted by Gasteiger charge is -2.11. The second kappa shape index (κ2) is 10.6. The second-order valence-electron chi connectivity index (χ2n) is 6.88. The first-order valence-corrected chi connectivity index (χ1v) is 11.3. The van der Waals surface area contributed by atoms with Gasteiger partial charge in [0.05, 0.1) is 19.5 Å². The Morgan fingerprint density at radius 3 is 2.64 bits per heavy atom. The summed E-state index contributed by atoms with van der Waals surface area (Å²) in [6.45, 7) is 2.54. The summed E-state index contributed by atoms with van der Waals surface area (Å²) in [7, 11) is 1.59. The summed E-state index contributed by atoms with van der Waals surface area (Å²) in [6.07, 6.45) is 3.44. The fourth-order valence-electron chi connectivity index (χ4n) is 3.16. The third-order valence-corrected chi connectivity index (χ3v) is 5.57. The normalized spacial score (nSPS) is 10.6. The number of anilines is 1. The van der Waals surface area contributed by atoms with Crippen molar-refractivity contribution in [2.45, 2.75) is 12.1 Å². The molecular formula is C24H23N5O3S. The molecular weight excluding hydrogens is 438 g/mol. The Balaban J connectivity index is 1.57. The van der Waals surface area contributed by atoms with E-state index in [1.165, 1.54) is 11.8 Å². The molecule has 33 heavy (non-hydrogen) atoms. The van der Waals surface area contributed by atoms with Gasteiger partial charge >= 0.3 is 0 Å². The largest absolute Gasteiger partial charge is 0.497 e. The molecule has 0 fully saturated rings. The van der Waals surface area contributed by atoms with Crippen molar-refractivity contribution in [2.24, 2.45) is 0 Å².